The van der Waals surface area contributed by atoms with Gasteiger partial charge in [0.2, 0.25) is 5.91 Å². The third kappa shape index (κ3) is 3.97. The molecule has 1 aliphatic carbocycles. The van der Waals surface area contributed by atoms with Crippen molar-refractivity contribution in [2.24, 2.45) is 0 Å². The topological polar surface area (TPSA) is 32.3 Å². The summed E-state index contributed by atoms with van der Waals surface area (Å²) in [4.78, 5) is 14.0. The summed E-state index contributed by atoms with van der Waals surface area (Å²) in [6, 6.07) is 0.483. The van der Waals surface area contributed by atoms with E-state index in [0.29, 0.717) is 19.1 Å². The van der Waals surface area contributed by atoms with Crippen LogP contribution in [0.4, 0.5) is 0 Å². The first kappa shape index (κ1) is 13.2. The van der Waals surface area contributed by atoms with Gasteiger partial charge in [-0.1, -0.05) is 25.3 Å². The van der Waals surface area contributed by atoms with Gasteiger partial charge in [0.05, 0.1) is 6.54 Å². The lowest BCUT2D eigenvalue weighted by Crippen LogP contribution is -2.45. The van der Waals surface area contributed by atoms with Gasteiger partial charge in [0, 0.05) is 19.1 Å². The minimum Gasteiger partial charge on any atom is -0.339 e. The van der Waals surface area contributed by atoms with Crippen molar-refractivity contribution in [2.45, 2.75) is 45.1 Å². The number of likely N-dealkylation sites (N-methyl/N-ethyl adjacent to an activating group) is 1. The van der Waals surface area contributed by atoms with Gasteiger partial charge in [0.25, 0.3) is 0 Å². The minimum atomic E-state index is 0.233. The summed E-state index contributed by atoms with van der Waals surface area (Å²) >= 11 is 0. The van der Waals surface area contributed by atoms with Crippen LogP contribution in [0.3, 0.4) is 0 Å². The lowest BCUT2D eigenvalue weighted by Gasteiger charge is -2.33. The number of nitrogens with one attached hydrogen (secondary N) is 1. The van der Waals surface area contributed by atoms with E-state index in [1.807, 2.05) is 4.90 Å². The minimum absolute atomic E-state index is 0.233. The van der Waals surface area contributed by atoms with Crippen LogP contribution in [0.5, 0.6) is 0 Å². The molecule has 0 bridgehead atoms. The van der Waals surface area contributed by atoms with E-state index in [-0.39, 0.29) is 5.91 Å². The van der Waals surface area contributed by atoms with E-state index in [1.54, 1.807) is 6.08 Å². The molecule has 1 aliphatic rings. The van der Waals surface area contributed by atoms with Gasteiger partial charge in [-0.05, 0) is 19.8 Å². The van der Waals surface area contributed by atoms with Crippen LogP contribution in [-0.4, -0.2) is 36.5 Å². The first-order valence-electron chi connectivity index (χ1n) is 6.40. The van der Waals surface area contributed by atoms with E-state index < -0.39 is 0 Å². The Kier molecular flexibility index (Phi) is 6.16. The fourth-order valence-corrected chi connectivity index (χ4v) is 2.41. The molecule has 1 rings (SSSR count). The van der Waals surface area contributed by atoms with Gasteiger partial charge < -0.3 is 10.2 Å². The molecular formula is C13H24N2O. The molecule has 0 aromatic heterocycles. The Hall–Kier alpha value is -0.830. The average Bonchev–Trinajstić information content (AvgIpc) is 2.32. The highest BCUT2D eigenvalue weighted by Gasteiger charge is 2.23. The molecule has 1 amide bonds. The van der Waals surface area contributed by atoms with Crippen molar-refractivity contribution in [1.82, 2.24) is 10.2 Å². The fraction of sp³-hybridized carbons (Fsp3) is 0.769. The summed E-state index contributed by atoms with van der Waals surface area (Å²) in [5, 5.41) is 3.08. The molecule has 0 aliphatic heterocycles. The number of hydrogen-bond donors (Lipinski definition) is 1. The van der Waals surface area contributed by atoms with E-state index in [9.17, 15) is 4.79 Å². The van der Waals surface area contributed by atoms with Crippen molar-refractivity contribution < 1.29 is 4.79 Å². The summed E-state index contributed by atoms with van der Waals surface area (Å²) in [6.45, 7) is 7.67. The molecule has 1 N–H and O–H groups in total. The summed E-state index contributed by atoms with van der Waals surface area (Å²) < 4.78 is 0. The number of amides is 1. The highest BCUT2D eigenvalue weighted by atomic mass is 16.2. The molecule has 3 heteroatoms. The Labute approximate surface area is 98.9 Å². The summed E-state index contributed by atoms with van der Waals surface area (Å²) in [5.74, 6) is 0.233. The molecular weight excluding hydrogens is 200 g/mol. The first-order chi connectivity index (χ1) is 7.79. The summed E-state index contributed by atoms with van der Waals surface area (Å²) in [6.07, 6.45) is 8.02. The van der Waals surface area contributed by atoms with Crippen molar-refractivity contribution in [2.75, 3.05) is 19.6 Å². The van der Waals surface area contributed by atoms with Crippen LogP contribution in [0, 0.1) is 0 Å². The molecule has 0 aromatic rings. The Morgan fingerprint density at radius 1 is 1.44 bits per heavy atom. The Balaban J connectivity index is 2.38. The van der Waals surface area contributed by atoms with Crippen LogP contribution in [0.2, 0.25) is 0 Å². The van der Waals surface area contributed by atoms with E-state index in [0.717, 1.165) is 6.54 Å². The fourth-order valence-electron chi connectivity index (χ4n) is 2.41. The molecule has 0 radical (unpaired) electrons. The van der Waals surface area contributed by atoms with Gasteiger partial charge in [-0.2, -0.15) is 0 Å². The molecule has 0 spiro atoms. The Morgan fingerprint density at radius 3 is 2.69 bits per heavy atom. The largest absolute Gasteiger partial charge is 0.339 e. The van der Waals surface area contributed by atoms with Crippen LogP contribution in [0.15, 0.2) is 12.7 Å². The summed E-state index contributed by atoms with van der Waals surface area (Å²) in [5.41, 5.74) is 0. The van der Waals surface area contributed by atoms with E-state index >= 15 is 0 Å². The standard InChI is InChI=1S/C13H24N2O/c1-3-10-14-11-13(16)15(4-2)12-8-6-5-7-9-12/h3,12,14H,1,4-11H2,2H3. The molecule has 1 saturated carbocycles. The lowest BCUT2D eigenvalue weighted by molar-refractivity contribution is -0.132. The maximum atomic E-state index is 12.0. The van der Waals surface area contributed by atoms with Crippen molar-refractivity contribution in [3.8, 4) is 0 Å². The monoisotopic (exact) mass is 224 g/mol. The van der Waals surface area contributed by atoms with E-state index in [2.05, 4.69) is 18.8 Å². The molecule has 1 fully saturated rings. The third-order valence-corrected chi connectivity index (χ3v) is 3.24. The SMILES string of the molecule is C=CCNCC(=O)N(CC)C1CCCCC1. The maximum Gasteiger partial charge on any atom is 0.236 e. The second-order valence-corrected chi connectivity index (χ2v) is 4.39. The average molecular weight is 224 g/mol. The van der Waals surface area contributed by atoms with E-state index in [1.165, 1.54) is 32.1 Å². The molecule has 92 valence electrons. The van der Waals surface area contributed by atoms with Gasteiger partial charge in [-0.25, -0.2) is 0 Å². The number of nitrogens with zero attached hydrogens (tertiary/aromatic N) is 1. The lowest BCUT2D eigenvalue weighted by atomic mass is 9.94. The number of carbonyl (C=O) groups is 1. The van der Waals surface area contributed by atoms with Crippen molar-refractivity contribution in [3.63, 3.8) is 0 Å². The highest BCUT2D eigenvalue weighted by molar-refractivity contribution is 5.78. The van der Waals surface area contributed by atoms with E-state index in [4.69, 9.17) is 0 Å². The van der Waals surface area contributed by atoms with Crippen LogP contribution >= 0.6 is 0 Å². The van der Waals surface area contributed by atoms with Crippen LogP contribution in [0.25, 0.3) is 0 Å². The zero-order chi connectivity index (χ0) is 11.8. The van der Waals surface area contributed by atoms with Crippen molar-refractivity contribution >= 4 is 5.91 Å². The molecule has 0 saturated heterocycles. The molecule has 16 heavy (non-hydrogen) atoms. The van der Waals surface area contributed by atoms with Crippen molar-refractivity contribution in [1.29, 1.82) is 0 Å². The molecule has 0 atom stereocenters. The highest BCUT2D eigenvalue weighted by Crippen LogP contribution is 2.22. The van der Waals surface area contributed by atoms with Gasteiger partial charge in [-0.15, -0.1) is 6.58 Å². The predicted octanol–water partition coefficient (Wildman–Crippen LogP) is 1.94. The second kappa shape index (κ2) is 7.44. The zero-order valence-electron chi connectivity index (χ0n) is 10.4. The van der Waals surface area contributed by atoms with Crippen LogP contribution < -0.4 is 5.32 Å². The van der Waals surface area contributed by atoms with Crippen LogP contribution in [-0.2, 0) is 4.79 Å². The molecule has 0 heterocycles. The normalized spacial score (nSPS) is 17.1. The predicted molar refractivity (Wildman–Crippen MR) is 67.3 cm³/mol. The number of hydrogen-bond acceptors (Lipinski definition) is 2. The van der Waals surface area contributed by atoms with Gasteiger partial charge in [0.15, 0.2) is 0 Å². The summed E-state index contributed by atoms with van der Waals surface area (Å²) in [7, 11) is 0. The first-order valence-corrected chi connectivity index (χ1v) is 6.40. The smallest absolute Gasteiger partial charge is 0.236 e. The van der Waals surface area contributed by atoms with Gasteiger partial charge in [0.1, 0.15) is 0 Å². The zero-order valence-corrected chi connectivity index (χ0v) is 10.4. The Morgan fingerprint density at radius 2 is 2.12 bits per heavy atom. The van der Waals surface area contributed by atoms with Crippen LogP contribution in [0.1, 0.15) is 39.0 Å². The Bertz CT molecular complexity index is 222. The molecule has 3 nitrogen and oxygen atoms in total. The second-order valence-electron chi connectivity index (χ2n) is 4.39. The quantitative estimate of drug-likeness (QED) is 0.552. The number of carbonyl (C=O) groups excluding carboxylic acids is 1. The number of rotatable bonds is 6. The molecule has 0 aromatic carbocycles. The van der Waals surface area contributed by atoms with Gasteiger partial charge >= 0.3 is 0 Å². The van der Waals surface area contributed by atoms with Crippen molar-refractivity contribution in [3.05, 3.63) is 12.7 Å². The third-order valence-electron chi connectivity index (χ3n) is 3.24. The van der Waals surface area contributed by atoms with Gasteiger partial charge in [-0.3, -0.25) is 4.79 Å². The molecule has 0 unspecified atom stereocenters. The maximum absolute atomic E-state index is 12.0.